The van der Waals surface area contributed by atoms with Crippen molar-refractivity contribution in [1.82, 2.24) is 20.9 Å². The molecule has 2 heterocycles. The molecular weight excluding hydrogens is 176 g/mol. The molecule has 0 saturated carbocycles. The van der Waals surface area contributed by atoms with Gasteiger partial charge in [-0.1, -0.05) is 0 Å². The van der Waals surface area contributed by atoms with E-state index in [1.807, 2.05) is 0 Å². The predicted octanol–water partition coefficient (Wildman–Crippen LogP) is -1.48. The lowest BCUT2D eigenvalue weighted by Crippen LogP contribution is -2.45. The van der Waals surface area contributed by atoms with Gasteiger partial charge in [0, 0.05) is 6.92 Å². The molecule has 0 bridgehead atoms. The van der Waals surface area contributed by atoms with Crippen molar-refractivity contribution in [2.24, 2.45) is 0 Å². The van der Waals surface area contributed by atoms with Crippen LogP contribution in [0.4, 0.5) is 9.59 Å². The van der Waals surface area contributed by atoms with Crippen molar-refractivity contribution in [2.75, 3.05) is 0 Å². The average Bonchev–Trinajstić information content (AvgIpc) is 2.41. The van der Waals surface area contributed by atoms with Gasteiger partial charge in [-0.3, -0.25) is 4.79 Å². The molecule has 5 amide bonds. The summed E-state index contributed by atoms with van der Waals surface area (Å²) in [6, 6.07) is -0.878. The first kappa shape index (κ1) is 7.84. The summed E-state index contributed by atoms with van der Waals surface area (Å²) in [6.45, 7) is 1.27. The number of carbonyl (C=O) groups excluding carboxylic acids is 3. The van der Waals surface area contributed by atoms with Crippen LogP contribution < -0.4 is 16.0 Å². The van der Waals surface area contributed by atoms with Crippen LogP contribution in [0.25, 0.3) is 0 Å². The lowest BCUT2D eigenvalue weighted by molar-refractivity contribution is -0.127. The van der Waals surface area contributed by atoms with E-state index in [4.69, 9.17) is 0 Å². The molecule has 0 aromatic carbocycles. The number of nitrogens with one attached hydrogen (secondary N) is 3. The average molecular weight is 184 g/mol. The molecule has 2 rings (SSSR count). The van der Waals surface area contributed by atoms with Gasteiger partial charge >= 0.3 is 12.1 Å². The van der Waals surface area contributed by atoms with E-state index in [2.05, 4.69) is 16.0 Å². The minimum Gasteiger partial charge on any atom is -0.314 e. The zero-order valence-corrected chi connectivity index (χ0v) is 6.83. The Kier molecular flexibility index (Phi) is 1.42. The Morgan fingerprint density at radius 2 is 2.00 bits per heavy atom. The maximum absolute atomic E-state index is 11.1. The number of imide groups is 1. The highest BCUT2D eigenvalue weighted by Gasteiger charge is 2.47. The molecule has 2 aliphatic rings. The van der Waals surface area contributed by atoms with Crippen molar-refractivity contribution in [3.8, 4) is 0 Å². The summed E-state index contributed by atoms with van der Waals surface area (Å²) in [4.78, 5) is 33.9. The van der Waals surface area contributed by atoms with Crippen LogP contribution in [0, 0.1) is 0 Å². The van der Waals surface area contributed by atoms with Crippen LogP contribution >= 0.6 is 0 Å². The number of urea groups is 2. The molecule has 0 aromatic rings. The number of nitrogens with zero attached hydrogens (tertiary/aromatic N) is 1. The maximum Gasteiger partial charge on any atom is 0.327 e. The van der Waals surface area contributed by atoms with Crippen LogP contribution in [-0.4, -0.2) is 35.2 Å². The topological polar surface area (TPSA) is 90.5 Å². The summed E-state index contributed by atoms with van der Waals surface area (Å²) in [5, 5.41) is 7.35. The zero-order chi connectivity index (χ0) is 9.59. The first-order chi connectivity index (χ1) is 6.09. The first-order valence-corrected chi connectivity index (χ1v) is 3.77. The fourth-order valence-corrected chi connectivity index (χ4v) is 1.48. The Balaban J connectivity index is 2.24. The summed E-state index contributed by atoms with van der Waals surface area (Å²) in [5.41, 5.74) is 0. The number of fused-ring (bicyclic) bond motifs is 1. The largest absolute Gasteiger partial charge is 0.327 e. The number of carbonyl (C=O) groups is 3. The van der Waals surface area contributed by atoms with Crippen molar-refractivity contribution in [3.05, 3.63) is 0 Å². The highest BCUT2D eigenvalue weighted by atomic mass is 16.2. The van der Waals surface area contributed by atoms with E-state index in [-0.39, 0.29) is 6.03 Å². The van der Waals surface area contributed by atoms with E-state index in [1.54, 1.807) is 0 Å². The van der Waals surface area contributed by atoms with Crippen LogP contribution in [0.15, 0.2) is 0 Å². The number of hydrogen-bond acceptors (Lipinski definition) is 3. The molecule has 13 heavy (non-hydrogen) atoms. The maximum atomic E-state index is 11.1. The monoisotopic (exact) mass is 184 g/mol. The summed E-state index contributed by atoms with van der Waals surface area (Å²) >= 11 is 0. The lowest BCUT2D eigenvalue weighted by Gasteiger charge is -2.16. The molecule has 0 radical (unpaired) electrons. The van der Waals surface area contributed by atoms with E-state index in [0.29, 0.717) is 0 Å². The Morgan fingerprint density at radius 1 is 1.31 bits per heavy atom. The van der Waals surface area contributed by atoms with E-state index in [0.717, 1.165) is 4.90 Å². The smallest absolute Gasteiger partial charge is 0.314 e. The molecule has 2 fully saturated rings. The minimum atomic E-state index is -0.600. The fourth-order valence-electron chi connectivity index (χ4n) is 1.48. The van der Waals surface area contributed by atoms with Crippen molar-refractivity contribution in [1.29, 1.82) is 0 Å². The SMILES string of the molecule is CC(=O)N1C(=O)NC2NC(=O)NC21. The van der Waals surface area contributed by atoms with Crippen LogP contribution in [0.5, 0.6) is 0 Å². The van der Waals surface area contributed by atoms with Crippen molar-refractivity contribution >= 4 is 18.0 Å². The van der Waals surface area contributed by atoms with E-state index in [1.165, 1.54) is 6.92 Å². The van der Waals surface area contributed by atoms with Crippen molar-refractivity contribution < 1.29 is 14.4 Å². The molecule has 2 saturated heterocycles. The number of amides is 5. The number of hydrogen-bond donors (Lipinski definition) is 3. The second-order valence-electron chi connectivity index (χ2n) is 2.88. The summed E-state index contributed by atoms with van der Waals surface area (Å²) < 4.78 is 0. The van der Waals surface area contributed by atoms with Gasteiger partial charge in [0.1, 0.15) is 6.17 Å². The molecular formula is C6H8N4O3. The van der Waals surface area contributed by atoms with E-state index < -0.39 is 24.3 Å². The van der Waals surface area contributed by atoms with Gasteiger partial charge in [-0.05, 0) is 0 Å². The molecule has 3 N–H and O–H groups in total. The van der Waals surface area contributed by atoms with Gasteiger partial charge in [0.15, 0.2) is 6.17 Å². The third-order valence-corrected chi connectivity index (χ3v) is 2.00. The Labute approximate surface area is 73.4 Å². The molecule has 7 nitrogen and oxygen atoms in total. The summed E-state index contributed by atoms with van der Waals surface area (Å²) in [6.07, 6.45) is -1.11. The predicted molar refractivity (Wildman–Crippen MR) is 40.3 cm³/mol. The van der Waals surface area contributed by atoms with E-state index in [9.17, 15) is 14.4 Å². The third kappa shape index (κ3) is 1.00. The minimum absolute atomic E-state index is 0.388. The first-order valence-electron chi connectivity index (χ1n) is 3.77. The molecule has 0 aliphatic carbocycles. The quantitative estimate of drug-likeness (QED) is 0.429. The lowest BCUT2D eigenvalue weighted by atomic mass is 10.4. The summed E-state index contributed by atoms with van der Waals surface area (Å²) in [7, 11) is 0. The van der Waals surface area contributed by atoms with Crippen molar-refractivity contribution in [3.63, 3.8) is 0 Å². The molecule has 7 heteroatoms. The van der Waals surface area contributed by atoms with Crippen LogP contribution in [0.2, 0.25) is 0 Å². The standard InChI is InChI=1S/C6H8N4O3/c1-2(11)10-4-3(8-6(10)13)7-5(12)9-4/h3-4H,1H3,(H,8,13)(H2,7,9,12). The van der Waals surface area contributed by atoms with Gasteiger partial charge in [0.05, 0.1) is 0 Å². The second kappa shape index (κ2) is 2.35. The molecule has 0 aromatic heterocycles. The van der Waals surface area contributed by atoms with Crippen molar-refractivity contribution in [2.45, 2.75) is 19.3 Å². The fraction of sp³-hybridized carbons (Fsp3) is 0.500. The van der Waals surface area contributed by atoms with E-state index >= 15 is 0 Å². The second-order valence-corrected chi connectivity index (χ2v) is 2.88. The Bertz CT molecular complexity index is 302. The molecule has 2 aliphatic heterocycles. The van der Waals surface area contributed by atoms with Gasteiger partial charge in [0.25, 0.3) is 0 Å². The van der Waals surface area contributed by atoms with Gasteiger partial charge in [0.2, 0.25) is 5.91 Å². The zero-order valence-electron chi connectivity index (χ0n) is 6.83. The molecule has 0 spiro atoms. The molecule has 70 valence electrons. The highest BCUT2D eigenvalue weighted by Crippen LogP contribution is 2.13. The van der Waals surface area contributed by atoms with Crippen LogP contribution in [0.1, 0.15) is 6.92 Å². The van der Waals surface area contributed by atoms with Gasteiger partial charge in [-0.25, -0.2) is 14.5 Å². The van der Waals surface area contributed by atoms with Gasteiger partial charge in [-0.2, -0.15) is 0 Å². The highest BCUT2D eigenvalue weighted by molar-refractivity contribution is 5.97. The normalized spacial score (nSPS) is 30.7. The Morgan fingerprint density at radius 3 is 2.62 bits per heavy atom. The van der Waals surface area contributed by atoms with Gasteiger partial charge < -0.3 is 16.0 Å². The van der Waals surface area contributed by atoms with Crippen LogP contribution in [0.3, 0.4) is 0 Å². The third-order valence-electron chi connectivity index (χ3n) is 2.00. The molecule has 2 atom stereocenters. The Hall–Kier alpha value is -1.79. The van der Waals surface area contributed by atoms with Crippen LogP contribution in [-0.2, 0) is 4.79 Å². The number of rotatable bonds is 0. The molecule has 2 unspecified atom stereocenters. The van der Waals surface area contributed by atoms with Gasteiger partial charge in [-0.15, -0.1) is 0 Å². The summed E-state index contributed by atoms with van der Waals surface area (Å²) in [5.74, 6) is -0.394.